The monoisotopic (exact) mass is 268 g/mol. The van der Waals surface area contributed by atoms with E-state index in [-0.39, 0.29) is 11.5 Å². The van der Waals surface area contributed by atoms with Crippen LogP contribution in [0.1, 0.15) is 13.8 Å². The van der Waals surface area contributed by atoms with Crippen molar-refractivity contribution in [3.05, 3.63) is 49.4 Å². The van der Waals surface area contributed by atoms with Crippen LogP contribution in [0.3, 0.4) is 0 Å². The predicted octanol–water partition coefficient (Wildman–Crippen LogP) is 2.27. The minimum atomic E-state index is -1.33. The minimum absolute atomic E-state index is 0.00286. The first-order chi connectivity index (χ1) is 8.50. The maximum absolute atomic E-state index is 10.6. The van der Waals surface area contributed by atoms with E-state index < -0.39 is 28.9 Å². The molecule has 0 rings (SSSR count). The molecule has 0 aromatic carbocycles. The van der Waals surface area contributed by atoms with E-state index in [1.54, 1.807) is 13.8 Å². The summed E-state index contributed by atoms with van der Waals surface area (Å²) < 4.78 is 9.87. The fraction of sp³-hybridized carbons (Fsp3) is 0.231. The van der Waals surface area contributed by atoms with Crippen molar-refractivity contribution in [3.8, 4) is 0 Å². The molecule has 104 valence electrons. The Labute approximate surface area is 110 Å². The molecule has 2 N–H and O–H groups in total. The van der Waals surface area contributed by atoms with Crippen molar-refractivity contribution in [2.75, 3.05) is 0 Å². The van der Waals surface area contributed by atoms with Crippen molar-refractivity contribution in [1.29, 1.82) is 0 Å². The zero-order valence-corrected chi connectivity index (χ0v) is 10.9. The third-order valence-electron chi connectivity index (χ3n) is 2.36. The van der Waals surface area contributed by atoms with E-state index in [1.807, 2.05) is 0 Å². The lowest BCUT2D eigenvalue weighted by Crippen LogP contribution is -2.22. The van der Waals surface area contributed by atoms with E-state index in [2.05, 4.69) is 26.3 Å². The van der Waals surface area contributed by atoms with Crippen LogP contribution in [-0.2, 0) is 19.1 Å². The second kappa shape index (κ2) is 5.90. The molecule has 0 atom stereocenters. The molecule has 0 aliphatic rings. The maximum Gasteiger partial charge on any atom is 0.371 e. The van der Waals surface area contributed by atoms with Gasteiger partial charge in [0.1, 0.15) is 11.5 Å². The second-order valence-electron chi connectivity index (χ2n) is 4.13. The molecule has 0 spiro atoms. The highest BCUT2D eigenvalue weighted by Gasteiger charge is 2.31. The molecule has 0 bridgehead atoms. The number of carboxylic acids is 2. The zero-order chi connectivity index (χ0) is 15.4. The van der Waals surface area contributed by atoms with E-state index in [0.717, 1.165) is 0 Å². The minimum Gasteiger partial charge on any atom is -0.475 e. The molecule has 0 radical (unpaired) electrons. The standard InChI is InChI=1S/C13H16O6/c1-7(11(14)15)18-9(3)13(5,6)10(4)19-8(2)12(16)17/h1-4H2,5-6H3,(H,14,15)(H,16,17). The molecule has 0 amide bonds. The highest BCUT2D eigenvalue weighted by molar-refractivity contribution is 5.84. The lowest BCUT2D eigenvalue weighted by Gasteiger charge is -2.28. The normalized spacial score (nSPS) is 10.2. The van der Waals surface area contributed by atoms with Gasteiger partial charge in [0.05, 0.1) is 5.41 Å². The summed E-state index contributed by atoms with van der Waals surface area (Å²) >= 11 is 0. The molecule has 0 aliphatic carbocycles. The number of carbonyl (C=O) groups is 2. The van der Waals surface area contributed by atoms with Crippen molar-refractivity contribution in [2.45, 2.75) is 13.8 Å². The highest BCUT2D eigenvalue weighted by atomic mass is 16.5. The molecule has 0 fully saturated rings. The summed E-state index contributed by atoms with van der Waals surface area (Å²) in [6, 6.07) is 0. The van der Waals surface area contributed by atoms with Crippen LogP contribution in [0, 0.1) is 5.41 Å². The van der Waals surface area contributed by atoms with Gasteiger partial charge in [-0.1, -0.05) is 13.2 Å². The summed E-state index contributed by atoms with van der Waals surface area (Å²) in [4.78, 5) is 21.2. The first-order valence-electron chi connectivity index (χ1n) is 5.09. The first kappa shape index (κ1) is 16.5. The second-order valence-corrected chi connectivity index (χ2v) is 4.13. The third kappa shape index (κ3) is 4.34. The van der Waals surface area contributed by atoms with Crippen molar-refractivity contribution in [1.82, 2.24) is 0 Å². The summed E-state index contributed by atoms with van der Waals surface area (Å²) in [5, 5.41) is 17.3. The number of rotatable bonds is 8. The fourth-order valence-corrected chi connectivity index (χ4v) is 0.795. The smallest absolute Gasteiger partial charge is 0.371 e. The lowest BCUT2D eigenvalue weighted by atomic mass is 9.89. The molecular formula is C13H16O6. The van der Waals surface area contributed by atoms with Crippen LogP contribution in [0.15, 0.2) is 49.4 Å². The number of hydrogen-bond acceptors (Lipinski definition) is 4. The largest absolute Gasteiger partial charge is 0.475 e. The molecular weight excluding hydrogens is 252 g/mol. The summed E-state index contributed by atoms with van der Waals surface area (Å²) in [5.41, 5.74) is -1.03. The van der Waals surface area contributed by atoms with Crippen molar-refractivity contribution in [2.24, 2.45) is 5.41 Å². The van der Waals surface area contributed by atoms with E-state index in [1.165, 1.54) is 0 Å². The number of carboxylic acid groups (broad SMARTS) is 2. The van der Waals surface area contributed by atoms with E-state index >= 15 is 0 Å². The average Bonchev–Trinajstić information content (AvgIpc) is 2.27. The van der Waals surface area contributed by atoms with Gasteiger partial charge in [0.2, 0.25) is 11.5 Å². The zero-order valence-electron chi connectivity index (χ0n) is 10.9. The van der Waals surface area contributed by atoms with E-state index in [0.29, 0.717) is 0 Å². The van der Waals surface area contributed by atoms with Gasteiger partial charge >= 0.3 is 11.9 Å². The lowest BCUT2D eigenvalue weighted by molar-refractivity contribution is -0.136. The van der Waals surface area contributed by atoms with Gasteiger partial charge < -0.3 is 19.7 Å². The quantitative estimate of drug-likeness (QED) is 0.518. The topological polar surface area (TPSA) is 93.1 Å². The molecule has 6 heteroatoms. The summed E-state index contributed by atoms with van der Waals surface area (Å²) in [5.74, 6) is -3.69. The van der Waals surface area contributed by atoms with Crippen LogP contribution in [0.2, 0.25) is 0 Å². The van der Waals surface area contributed by atoms with Gasteiger partial charge in [-0.15, -0.1) is 0 Å². The Bertz CT molecular complexity index is 428. The van der Waals surface area contributed by atoms with Gasteiger partial charge in [-0.05, 0) is 27.0 Å². The van der Waals surface area contributed by atoms with Gasteiger partial charge in [-0.3, -0.25) is 0 Å². The Morgan fingerprint density at radius 3 is 1.32 bits per heavy atom. The van der Waals surface area contributed by atoms with Crippen molar-refractivity contribution in [3.63, 3.8) is 0 Å². The Morgan fingerprint density at radius 1 is 0.842 bits per heavy atom. The Morgan fingerprint density at radius 2 is 1.11 bits per heavy atom. The van der Waals surface area contributed by atoms with Gasteiger partial charge in [0.25, 0.3) is 0 Å². The van der Waals surface area contributed by atoms with Crippen LogP contribution in [0.5, 0.6) is 0 Å². The van der Waals surface area contributed by atoms with Crippen molar-refractivity contribution < 1.29 is 29.3 Å². The maximum atomic E-state index is 10.6. The predicted molar refractivity (Wildman–Crippen MR) is 67.8 cm³/mol. The van der Waals surface area contributed by atoms with Crippen LogP contribution in [0.25, 0.3) is 0 Å². The third-order valence-corrected chi connectivity index (χ3v) is 2.36. The molecule has 0 aromatic heterocycles. The van der Waals surface area contributed by atoms with Gasteiger partial charge in [0.15, 0.2) is 0 Å². The van der Waals surface area contributed by atoms with Gasteiger partial charge in [0, 0.05) is 0 Å². The fourth-order valence-electron chi connectivity index (χ4n) is 0.795. The summed E-state index contributed by atoms with van der Waals surface area (Å²) in [6.07, 6.45) is 0. The Balaban J connectivity index is 4.86. The van der Waals surface area contributed by atoms with Gasteiger partial charge in [-0.2, -0.15) is 0 Å². The SMILES string of the molecule is C=C(OC(=C)C(C)(C)C(=C)OC(=C)C(=O)O)C(=O)O. The molecule has 0 saturated heterocycles. The molecule has 0 saturated carbocycles. The summed E-state index contributed by atoms with van der Waals surface area (Å²) in [6.45, 7) is 16.6. The van der Waals surface area contributed by atoms with Gasteiger partial charge in [-0.25, -0.2) is 9.59 Å². The van der Waals surface area contributed by atoms with Crippen LogP contribution in [-0.4, -0.2) is 22.2 Å². The van der Waals surface area contributed by atoms with E-state index in [9.17, 15) is 9.59 Å². The summed E-state index contributed by atoms with van der Waals surface area (Å²) in [7, 11) is 0. The van der Waals surface area contributed by atoms with Crippen LogP contribution < -0.4 is 0 Å². The number of hydrogen-bond donors (Lipinski definition) is 2. The van der Waals surface area contributed by atoms with Crippen LogP contribution >= 0.6 is 0 Å². The molecule has 0 aliphatic heterocycles. The molecule has 0 unspecified atom stereocenters. The van der Waals surface area contributed by atoms with E-state index in [4.69, 9.17) is 19.7 Å². The first-order valence-corrected chi connectivity index (χ1v) is 5.09. The molecule has 0 aromatic rings. The Kier molecular flexibility index (Phi) is 5.12. The number of ether oxygens (including phenoxy) is 2. The van der Waals surface area contributed by atoms with Crippen molar-refractivity contribution >= 4 is 11.9 Å². The molecule has 6 nitrogen and oxygen atoms in total. The van der Waals surface area contributed by atoms with Crippen LogP contribution in [0.4, 0.5) is 0 Å². The Hall–Kier alpha value is -2.50. The molecule has 0 heterocycles. The highest BCUT2D eigenvalue weighted by Crippen LogP contribution is 2.36. The number of aliphatic carboxylic acids is 2. The average molecular weight is 268 g/mol. The molecule has 19 heavy (non-hydrogen) atoms.